The van der Waals surface area contributed by atoms with Gasteiger partial charge >= 0.3 is 5.97 Å². The number of carbonyl (C=O) groups is 1. The van der Waals surface area contributed by atoms with Gasteiger partial charge in [0, 0.05) is 18.3 Å². The summed E-state index contributed by atoms with van der Waals surface area (Å²) < 4.78 is 0. The highest BCUT2D eigenvalue weighted by atomic mass is 16.4. The van der Waals surface area contributed by atoms with Crippen LogP contribution in [0.25, 0.3) is 0 Å². The van der Waals surface area contributed by atoms with Gasteiger partial charge in [0.25, 0.3) is 0 Å². The monoisotopic (exact) mass is 263 g/mol. The lowest BCUT2D eigenvalue weighted by Gasteiger charge is -2.31. The fourth-order valence-electron chi connectivity index (χ4n) is 2.07. The highest BCUT2D eigenvalue weighted by Crippen LogP contribution is 2.22. The van der Waals surface area contributed by atoms with Gasteiger partial charge in [-0.05, 0) is 18.1 Å². The van der Waals surface area contributed by atoms with Crippen LogP contribution in [0.5, 0.6) is 0 Å². The number of carboxylic acids is 1. The smallest absolute Gasteiger partial charge is 0.326 e. The number of carboxylic acid groups (broad SMARTS) is 1. The van der Waals surface area contributed by atoms with Crippen LogP contribution in [0.1, 0.15) is 25.8 Å². The van der Waals surface area contributed by atoms with Crippen LogP contribution < -0.4 is 10.6 Å². The Labute approximate surface area is 113 Å². The number of nitrogens with zero attached hydrogens (tertiary/aromatic N) is 1. The van der Waals surface area contributed by atoms with Crippen molar-refractivity contribution in [3.05, 3.63) is 29.8 Å². The van der Waals surface area contributed by atoms with Gasteiger partial charge in [-0.25, -0.2) is 4.79 Å². The number of hydrogen-bond donors (Lipinski definition) is 3. The lowest BCUT2D eigenvalue weighted by Crippen LogP contribution is -2.43. The molecule has 0 spiro atoms. The largest absolute Gasteiger partial charge is 0.480 e. The quantitative estimate of drug-likeness (QED) is 0.540. The fourth-order valence-corrected chi connectivity index (χ4v) is 2.07. The Morgan fingerprint density at radius 2 is 2.16 bits per heavy atom. The summed E-state index contributed by atoms with van der Waals surface area (Å²) in [5.74, 6) is -0.834. The molecule has 1 aromatic rings. The molecule has 5 nitrogen and oxygen atoms in total. The molecule has 1 aromatic carbocycles. The minimum atomic E-state index is -0.843. The first-order valence-electron chi connectivity index (χ1n) is 6.28. The molecule has 0 fully saturated rings. The third kappa shape index (κ3) is 3.47. The number of nitrogens with two attached hydrogens (primary N) is 1. The minimum Gasteiger partial charge on any atom is -0.480 e. The van der Waals surface area contributed by atoms with Crippen LogP contribution in [-0.4, -0.2) is 30.0 Å². The zero-order valence-electron chi connectivity index (χ0n) is 11.6. The topological polar surface area (TPSA) is 90.4 Å². The molecule has 1 rings (SSSR count). The van der Waals surface area contributed by atoms with E-state index in [1.165, 1.54) is 0 Å². The molecule has 0 aliphatic heterocycles. The van der Waals surface area contributed by atoms with Gasteiger partial charge in [0.15, 0.2) is 0 Å². The first kappa shape index (κ1) is 15.0. The van der Waals surface area contributed by atoms with Crippen LogP contribution in [0.2, 0.25) is 0 Å². The number of rotatable bonds is 6. The number of anilines is 1. The standard InChI is InChI=1S/C14H21N3O2/c1-4-9(2)12(14(18)19)17(3)11-7-5-6-10(8-11)13(15)16/h5-9,12H,4H2,1-3H3,(H3,15,16)(H,18,19)/t9?,12-/m0/s1. The van der Waals surface area contributed by atoms with Crippen molar-refractivity contribution >= 4 is 17.5 Å². The van der Waals surface area contributed by atoms with Crippen LogP contribution in [0.3, 0.4) is 0 Å². The van der Waals surface area contributed by atoms with E-state index in [9.17, 15) is 9.90 Å². The van der Waals surface area contributed by atoms with Crippen molar-refractivity contribution in [2.24, 2.45) is 11.7 Å². The summed E-state index contributed by atoms with van der Waals surface area (Å²) in [6.45, 7) is 3.89. The average molecular weight is 263 g/mol. The molecule has 19 heavy (non-hydrogen) atoms. The summed E-state index contributed by atoms with van der Waals surface area (Å²) in [5.41, 5.74) is 6.80. The molecule has 2 atom stereocenters. The van der Waals surface area contributed by atoms with Crippen molar-refractivity contribution in [2.75, 3.05) is 11.9 Å². The molecule has 0 heterocycles. The Balaban J connectivity index is 3.09. The van der Waals surface area contributed by atoms with Crippen molar-refractivity contribution in [1.29, 1.82) is 5.41 Å². The molecule has 0 saturated carbocycles. The van der Waals surface area contributed by atoms with Gasteiger partial charge in [-0.1, -0.05) is 32.4 Å². The highest BCUT2D eigenvalue weighted by molar-refractivity contribution is 5.96. The Morgan fingerprint density at radius 3 is 2.63 bits per heavy atom. The summed E-state index contributed by atoms with van der Waals surface area (Å²) in [7, 11) is 1.75. The molecule has 0 aliphatic rings. The summed E-state index contributed by atoms with van der Waals surface area (Å²) in [4.78, 5) is 13.1. The van der Waals surface area contributed by atoms with Gasteiger partial charge in [-0.15, -0.1) is 0 Å². The van der Waals surface area contributed by atoms with Gasteiger partial charge in [0.2, 0.25) is 0 Å². The molecule has 104 valence electrons. The molecular weight excluding hydrogens is 242 g/mol. The van der Waals surface area contributed by atoms with E-state index in [1.54, 1.807) is 30.1 Å². The normalized spacial score (nSPS) is 13.6. The van der Waals surface area contributed by atoms with Crippen molar-refractivity contribution < 1.29 is 9.90 Å². The first-order chi connectivity index (χ1) is 8.88. The van der Waals surface area contributed by atoms with Crippen molar-refractivity contribution in [3.8, 4) is 0 Å². The van der Waals surface area contributed by atoms with E-state index in [0.717, 1.165) is 12.1 Å². The molecule has 0 amide bonds. The number of benzene rings is 1. The van der Waals surface area contributed by atoms with Gasteiger partial charge in [0.1, 0.15) is 11.9 Å². The lowest BCUT2D eigenvalue weighted by atomic mass is 9.97. The fraction of sp³-hybridized carbons (Fsp3) is 0.429. The predicted octanol–water partition coefficient (Wildman–Crippen LogP) is 1.91. The number of amidine groups is 1. The van der Waals surface area contributed by atoms with Crippen molar-refractivity contribution in [1.82, 2.24) is 0 Å². The number of aliphatic carboxylic acids is 1. The second-order valence-corrected chi connectivity index (χ2v) is 4.74. The summed E-state index contributed by atoms with van der Waals surface area (Å²) in [5, 5.41) is 16.8. The number of hydrogen-bond acceptors (Lipinski definition) is 3. The molecule has 0 saturated heterocycles. The van der Waals surface area contributed by atoms with Crippen molar-refractivity contribution in [2.45, 2.75) is 26.3 Å². The number of nitrogens with one attached hydrogen (secondary N) is 1. The summed E-state index contributed by atoms with van der Waals surface area (Å²) in [6, 6.07) is 6.48. The third-order valence-corrected chi connectivity index (χ3v) is 3.42. The molecule has 1 unspecified atom stereocenters. The Kier molecular flexibility index (Phi) is 4.92. The molecule has 0 aliphatic carbocycles. The maximum Gasteiger partial charge on any atom is 0.326 e. The third-order valence-electron chi connectivity index (χ3n) is 3.42. The van der Waals surface area contributed by atoms with E-state index in [2.05, 4.69) is 0 Å². The Hall–Kier alpha value is -2.04. The second kappa shape index (κ2) is 6.22. The maximum absolute atomic E-state index is 11.4. The second-order valence-electron chi connectivity index (χ2n) is 4.74. The van der Waals surface area contributed by atoms with Crippen LogP contribution in [-0.2, 0) is 4.79 Å². The van der Waals surface area contributed by atoms with Gasteiger partial charge in [-0.2, -0.15) is 0 Å². The highest BCUT2D eigenvalue weighted by Gasteiger charge is 2.28. The molecule has 5 heteroatoms. The Morgan fingerprint density at radius 1 is 1.53 bits per heavy atom. The maximum atomic E-state index is 11.4. The lowest BCUT2D eigenvalue weighted by molar-refractivity contribution is -0.139. The van der Waals surface area contributed by atoms with Gasteiger partial charge in [-0.3, -0.25) is 5.41 Å². The van der Waals surface area contributed by atoms with Crippen LogP contribution >= 0.6 is 0 Å². The van der Waals surface area contributed by atoms with Crippen LogP contribution in [0, 0.1) is 11.3 Å². The van der Waals surface area contributed by atoms with E-state index in [-0.39, 0.29) is 11.8 Å². The van der Waals surface area contributed by atoms with E-state index >= 15 is 0 Å². The molecule has 0 bridgehead atoms. The van der Waals surface area contributed by atoms with Crippen molar-refractivity contribution in [3.63, 3.8) is 0 Å². The van der Waals surface area contributed by atoms with Crippen LogP contribution in [0.4, 0.5) is 5.69 Å². The summed E-state index contributed by atoms with van der Waals surface area (Å²) >= 11 is 0. The zero-order chi connectivity index (χ0) is 14.6. The molecular formula is C14H21N3O2. The predicted molar refractivity (Wildman–Crippen MR) is 76.7 cm³/mol. The van der Waals surface area contributed by atoms with Crippen LogP contribution in [0.15, 0.2) is 24.3 Å². The SMILES string of the molecule is CCC(C)[C@@H](C(=O)O)N(C)c1cccc(C(=N)N)c1. The minimum absolute atomic E-state index is 0.0225. The zero-order valence-corrected chi connectivity index (χ0v) is 11.6. The van der Waals surface area contributed by atoms with Gasteiger partial charge in [0.05, 0.1) is 0 Å². The number of likely N-dealkylation sites (N-methyl/N-ethyl adjacent to an activating group) is 1. The first-order valence-corrected chi connectivity index (χ1v) is 6.28. The number of nitrogen functional groups attached to an aromatic ring is 1. The van der Waals surface area contributed by atoms with E-state index < -0.39 is 12.0 Å². The molecule has 4 N–H and O–H groups in total. The Bertz CT molecular complexity index is 474. The van der Waals surface area contributed by atoms with E-state index in [1.807, 2.05) is 19.9 Å². The van der Waals surface area contributed by atoms with E-state index in [0.29, 0.717) is 5.56 Å². The van der Waals surface area contributed by atoms with E-state index in [4.69, 9.17) is 11.1 Å². The average Bonchev–Trinajstić information content (AvgIpc) is 2.38. The summed E-state index contributed by atoms with van der Waals surface area (Å²) in [6.07, 6.45) is 0.785. The molecule has 0 radical (unpaired) electrons. The molecule has 0 aromatic heterocycles. The van der Waals surface area contributed by atoms with Gasteiger partial charge < -0.3 is 15.7 Å².